The van der Waals surface area contributed by atoms with Crippen molar-refractivity contribution in [1.29, 1.82) is 0 Å². The Morgan fingerprint density at radius 3 is 3.00 bits per heavy atom. The summed E-state index contributed by atoms with van der Waals surface area (Å²) < 4.78 is 1.96. The molecule has 2 aromatic rings. The maximum Gasteiger partial charge on any atom is 0.0959 e. The number of aliphatic hydroxyl groups excluding tert-OH is 1. The lowest BCUT2D eigenvalue weighted by Gasteiger charge is -2.05. The molecule has 68 valence electrons. The Balaban J connectivity index is 2.46. The van der Waals surface area contributed by atoms with E-state index < -0.39 is 0 Å². The van der Waals surface area contributed by atoms with E-state index in [4.69, 9.17) is 0 Å². The van der Waals surface area contributed by atoms with Gasteiger partial charge < -0.3 is 9.67 Å². The number of para-hydroxylation sites is 2. The zero-order valence-corrected chi connectivity index (χ0v) is 7.51. The summed E-state index contributed by atoms with van der Waals surface area (Å²) in [5, 5.41) is 9.24. The fourth-order valence-electron chi connectivity index (χ4n) is 1.44. The third-order valence-corrected chi connectivity index (χ3v) is 1.99. The van der Waals surface area contributed by atoms with Crippen LogP contribution in [0.2, 0.25) is 0 Å². The van der Waals surface area contributed by atoms with E-state index in [9.17, 15) is 5.11 Å². The zero-order chi connectivity index (χ0) is 9.26. The maximum atomic E-state index is 9.24. The molecule has 0 spiro atoms. The molecular formula is C10H12N2O. The van der Waals surface area contributed by atoms with Gasteiger partial charge in [0.1, 0.15) is 0 Å². The number of imidazole rings is 1. The number of nitrogens with zero attached hydrogens (tertiary/aromatic N) is 2. The summed E-state index contributed by atoms with van der Waals surface area (Å²) in [5.41, 5.74) is 2.05. The maximum absolute atomic E-state index is 9.24. The molecule has 0 bridgehead atoms. The fourth-order valence-corrected chi connectivity index (χ4v) is 1.44. The van der Waals surface area contributed by atoms with E-state index in [2.05, 4.69) is 4.98 Å². The van der Waals surface area contributed by atoms with Crippen LogP contribution < -0.4 is 0 Å². The third-order valence-electron chi connectivity index (χ3n) is 1.99. The number of benzene rings is 1. The highest BCUT2D eigenvalue weighted by Crippen LogP contribution is 2.11. The molecule has 0 aliphatic rings. The second kappa shape index (κ2) is 3.18. The van der Waals surface area contributed by atoms with Gasteiger partial charge in [0.2, 0.25) is 0 Å². The first-order valence-corrected chi connectivity index (χ1v) is 4.35. The van der Waals surface area contributed by atoms with Gasteiger partial charge in [0.05, 0.1) is 23.5 Å². The van der Waals surface area contributed by atoms with Crippen LogP contribution in [0, 0.1) is 0 Å². The van der Waals surface area contributed by atoms with Crippen molar-refractivity contribution in [3.8, 4) is 0 Å². The van der Waals surface area contributed by atoms with Crippen LogP contribution in [0.25, 0.3) is 11.0 Å². The van der Waals surface area contributed by atoms with E-state index in [1.54, 1.807) is 13.3 Å². The molecule has 1 aromatic heterocycles. The highest BCUT2D eigenvalue weighted by molar-refractivity contribution is 5.74. The normalized spacial score (nSPS) is 13.4. The quantitative estimate of drug-likeness (QED) is 0.751. The molecule has 0 aliphatic heterocycles. The second-order valence-electron chi connectivity index (χ2n) is 3.23. The van der Waals surface area contributed by atoms with Gasteiger partial charge in [-0.1, -0.05) is 12.1 Å². The van der Waals surface area contributed by atoms with Gasteiger partial charge in [-0.15, -0.1) is 0 Å². The molecule has 0 amide bonds. The first-order valence-electron chi connectivity index (χ1n) is 4.35. The summed E-state index contributed by atoms with van der Waals surface area (Å²) in [6.45, 7) is 2.37. The second-order valence-corrected chi connectivity index (χ2v) is 3.23. The van der Waals surface area contributed by atoms with Gasteiger partial charge in [0, 0.05) is 6.54 Å². The monoisotopic (exact) mass is 176 g/mol. The number of rotatable bonds is 2. The molecule has 0 fully saturated rings. The summed E-state index contributed by atoms with van der Waals surface area (Å²) >= 11 is 0. The van der Waals surface area contributed by atoms with Crippen molar-refractivity contribution < 1.29 is 5.11 Å². The van der Waals surface area contributed by atoms with Crippen LogP contribution in [0.1, 0.15) is 6.92 Å². The summed E-state index contributed by atoms with van der Waals surface area (Å²) in [4.78, 5) is 4.22. The van der Waals surface area contributed by atoms with Gasteiger partial charge in [-0.3, -0.25) is 0 Å². The fraction of sp³-hybridized carbons (Fsp3) is 0.300. The van der Waals surface area contributed by atoms with Crippen molar-refractivity contribution in [1.82, 2.24) is 9.55 Å². The van der Waals surface area contributed by atoms with E-state index in [0.717, 1.165) is 11.0 Å². The molecule has 3 heteroatoms. The van der Waals surface area contributed by atoms with Crippen molar-refractivity contribution in [2.45, 2.75) is 19.6 Å². The molecule has 13 heavy (non-hydrogen) atoms. The van der Waals surface area contributed by atoms with Crippen LogP contribution in [0.4, 0.5) is 0 Å². The van der Waals surface area contributed by atoms with Gasteiger partial charge in [-0.2, -0.15) is 0 Å². The first kappa shape index (κ1) is 8.26. The van der Waals surface area contributed by atoms with E-state index >= 15 is 0 Å². The van der Waals surface area contributed by atoms with Crippen LogP contribution >= 0.6 is 0 Å². The van der Waals surface area contributed by atoms with Crippen LogP contribution in [0.5, 0.6) is 0 Å². The minimum atomic E-state index is -0.336. The molecule has 0 radical (unpaired) electrons. The zero-order valence-electron chi connectivity index (χ0n) is 7.51. The largest absolute Gasteiger partial charge is 0.392 e. The van der Waals surface area contributed by atoms with Crippen molar-refractivity contribution in [3.05, 3.63) is 30.6 Å². The molecule has 0 saturated carbocycles. The Morgan fingerprint density at radius 1 is 1.46 bits per heavy atom. The Labute approximate surface area is 76.6 Å². The smallest absolute Gasteiger partial charge is 0.0959 e. The SMILES string of the molecule is C[C@H](O)Cn1cnc2ccccc21. The van der Waals surface area contributed by atoms with Gasteiger partial charge in [0.15, 0.2) is 0 Å². The lowest BCUT2D eigenvalue weighted by molar-refractivity contribution is 0.175. The highest BCUT2D eigenvalue weighted by atomic mass is 16.3. The van der Waals surface area contributed by atoms with Crippen molar-refractivity contribution in [2.75, 3.05) is 0 Å². The number of fused-ring (bicyclic) bond motifs is 1. The topological polar surface area (TPSA) is 38.0 Å². The number of hydrogen-bond donors (Lipinski definition) is 1. The molecule has 1 aromatic carbocycles. The summed E-state index contributed by atoms with van der Waals surface area (Å²) in [5.74, 6) is 0. The van der Waals surface area contributed by atoms with Crippen molar-refractivity contribution >= 4 is 11.0 Å². The summed E-state index contributed by atoms with van der Waals surface area (Å²) in [6, 6.07) is 7.91. The molecule has 0 saturated heterocycles. The first-order chi connectivity index (χ1) is 6.27. The predicted molar refractivity (Wildman–Crippen MR) is 51.4 cm³/mol. The van der Waals surface area contributed by atoms with Crippen molar-refractivity contribution in [3.63, 3.8) is 0 Å². The average molecular weight is 176 g/mol. The molecule has 1 atom stereocenters. The van der Waals surface area contributed by atoms with E-state index in [1.807, 2.05) is 28.8 Å². The van der Waals surface area contributed by atoms with Crippen LogP contribution in [0.3, 0.4) is 0 Å². The lowest BCUT2D eigenvalue weighted by Crippen LogP contribution is -2.10. The van der Waals surface area contributed by atoms with Gasteiger partial charge in [-0.05, 0) is 19.1 Å². The Bertz CT molecular complexity index is 406. The van der Waals surface area contributed by atoms with E-state index in [0.29, 0.717) is 6.54 Å². The third kappa shape index (κ3) is 1.55. The average Bonchev–Trinajstić information content (AvgIpc) is 2.48. The minimum absolute atomic E-state index is 0.336. The van der Waals surface area contributed by atoms with Crippen LogP contribution in [-0.2, 0) is 6.54 Å². The molecular weight excluding hydrogens is 164 g/mol. The lowest BCUT2D eigenvalue weighted by atomic mass is 10.3. The standard InChI is InChI=1S/C10H12N2O/c1-8(13)6-12-7-11-9-4-2-3-5-10(9)12/h2-5,7-8,13H,6H2,1H3/t8-/m0/s1. The minimum Gasteiger partial charge on any atom is -0.392 e. The highest BCUT2D eigenvalue weighted by Gasteiger charge is 2.02. The van der Waals surface area contributed by atoms with Crippen LogP contribution in [0.15, 0.2) is 30.6 Å². The molecule has 2 rings (SSSR count). The molecule has 0 aliphatic carbocycles. The Kier molecular flexibility index (Phi) is 2.02. The number of aliphatic hydroxyl groups is 1. The predicted octanol–water partition coefficient (Wildman–Crippen LogP) is 1.42. The van der Waals surface area contributed by atoms with E-state index in [1.165, 1.54) is 0 Å². The van der Waals surface area contributed by atoms with Crippen LogP contribution in [-0.4, -0.2) is 20.8 Å². The Morgan fingerprint density at radius 2 is 2.23 bits per heavy atom. The van der Waals surface area contributed by atoms with Gasteiger partial charge in [-0.25, -0.2) is 4.98 Å². The number of aromatic nitrogens is 2. The van der Waals surface area contributed by atoms with E-state index in [-0.39, 0.29) is 6.10 Å². The van der Waals surface area contributed by atoms with Gasteiger partial charge >= 0.3 is 0 Å². The summed E-state index contributed by atoms with van der Waals surface area (Å²) in [7, 11) is 0. The van der Waals surface area contributed by atoms with Crippen molar-refractivity contribution in [2.24, 2.45) is 0 Å². The Hall–Kier alpha value is -1.35. The molecule has 3 nitrogen and oxygen atoms in total. The number of hydrogen-bond acceptors (Lipinski definition) is 2. The van der Waals surface area contributed by atoms with Gasteiger partial charge in [0.25, 0.3) is 0 Å². The summed E-state index contributed by atoms with van der Waals surface area (Å²) in [6.07, 6.45) is 1.43. The molecule has 1 N–H and O–H groups in total. The molecule has 1 heterocycles. The molecule has 0 unspecified atom stereocenters.